The molecule has 2 saturated heterocycles. The first kappa shape index (κ1) is 30.9. The first-order valence-corrected chi connectivity index (χ1v) is 25.2. The highest BCUT2D eigenvalue weighted by Gasteiger charge is 2.22. The lowest BCUT2D eigenvalue weighted by atomic mass is 10.4. The maximum absolute atomic E-state index is 4.94. The third-order valence-electron chi connectivity index (χ3n) is 3.15. The van der Waals surface area contributed by atoms with E-state index in [4.69, 9.17) is 9.47 Å². The zero-order valence-electron chi connectivity index (χ0n) is 21.5. The largest absolute Gasteiger partial charge is 0.381 e. The molecule has 2 rings (SSSR count). The van der Waals surface area contributed by atoms with Gasteiger partial charge in [-0.15, -0.1) is 0 Å². The van der Waals surface area contributed by atoms with Gasteiger partial charge in [0, 0.05) is 26.4 Å². The predicted octanol–water partition coefficient (Wildman–Crippen LogP) is 6.09. The summed E-state index contributed by atoms with van der Waals surface area (Å²) in [6.07, 6.45) is 5.11. The van der Waals surface area contributed by atoms with Crippen molar-refractivity contribution in [1.29, 1.82) is 0 Å². The zero-order chi connectivity index (χ0) is 22.5. The van der Waals surface area contributed by atoms with Crippen LogP contribution in [0.2, 0.25) is 78.6 Å². The molecule has 2 aliphatic rings. The molecular formula is C20H54N2O2Si4. The van der Waals surface area contributed by atoms with E-state index in [0.717, 1.165) is 26.4 Å². The molecule has 0 aromatic rings. The average Bonchev–Trinajstić information content (AvgIpc) is 3.11. The molecule has 2 N–H and O–H groups in total. The molecule has 0 aromatic heterocycles. The number of rotatable bonds is 4. The van der Waals surface area contributed by atoms with Crippen molar-refractivity contribution in [3.8, 4) is 0 Å². The van der Waals surface area contributed by atoms with Gasteiger partial charge in [0.1, 0.15) is 32.9 Å². The van der Waals surface area contributed by atoms with Crippen molar-refractivity contribution >= 4 is 32.9 Å². The second-order valence-corrected chi connectivity index (χ2v) is 31.9. The number of ether oxygens (including phenoxy) is 2. The first-order chi connectivity index (χ1) is 12.4. The fraction of sp³-hybridized carbons (Fsp3) is 1.00. The molecule has 172 valence electrons. The predicted molar refractivity (Wildman–Crippen MR) is 140 cm³/mol. The van der Waals surface area contributed by atoms with E-state index in [1.807, 2.05) is 0 Å². The quantitative estimate of drug-likeness (QED) is 0.492. The molecule has 2 aliphatic heterocycles. The molecule has 0 radical (unpaired) electrons. The summed E-state index contributed by atoms with van der Waals surface area (Å²) in [5, 5.41) is 0. The first-order valence-electron chi connectivity index (χ1n) is 11.2. The topological polar surface area (TPSA) is 42.5 Å². The summed E-state index contributed by atoms with van der Waals surface area (Å²) >= 11 is 0. The van der Waals surface area contributed by atoms with Gasteiger partial charge in [0.15, 0.2) is 0 Å². The van der Waals surface area contributed by atoms with Gasteiger partial charge in [-0.3, -0.25) is 0 Å². The van der Waals surface area contributed by atoms with E-state index in [2.05, 4.69) is 87.9 Å². The van der Waals surface area contributed by atoms with Gasteiger partial charge in [0.2, 0.25) is 0 Å². The Hall–Kier alpha value is 0.708. The van der Waals surface area contributed by atoms with E-state index in [1.54, 1.807) is 0 Å². The van der Waals surface area contributed by atoms with E-state index in [-0.39, 0.29) is 0 Å². The molecule has 0 spiro atoms. The van der Waals surface area contributed by atoms with Crippen LogP contribution in [0.25, 0.3) is 0 Å². The Labute approximate surface area is 182 Å². The third kappa shape index (κ3) is 34.2. The number of hydrogen-bond acceptors (Lipinski definition) is 4. The van der Waals surface area contributed by atoms with Crippen LogP contribution in [0.4, 0.5) is 0 Å². The lowest BCUT2D eigenvalue weighted by Crippen LogP contribution is -2.55. The van der Waals surface area contributed by atoms with Gasteiger partial charge >= 0.3 is 0 Å². The summed E-state index contributed by atoms with van der Waals surface area (Å²) in [6.45, 7) is 32.2. The highest BCUT2D eigenvalue weighted by Crippen LogP contribution is 2.03. The lowest BCUT2D eigenvalue weighted by Gasteiger charge is -2.28. The summed E-state index contributed by atoms with van der Waals surface area (Å²) in [5.74, 6) is 0. The minimum absolute atomic E-state index is 0.981. The normalized spacial score (nSPS) is 17.6. The Morgan fingerprint density at radius 3 is 0.607 bits per heavy atom. The molecule has 0 unspecified atom stereocenters. The average molecular weight is 467 g/mol. The van der Waals surface area contributed by atoms with E-state index < -0.39 is 32.9 Å². The van der Waals surface area contributed by atoms with Crippen LogP contribution in [0.15, 0.2) is 0 Å². The molecular weight excluding hydrogens is 413 g/mol. The van der Waals surface area contributed by atoms with Gasteiger partial charge in [-0.2, -0.15) is 0 Å². The van der Waals surface area contributed by atoms with Crippen LogP contribution in [0.5, 0.6) is 0 Å². The standard InChI is InChI=1S/2C6H19NSi2.2C4H8O/c2*1-8(2,3)7-9(4,5)6;2*1-2-4-5-3-1/h2*7H,1-6H3;2*1-4H2. The van der Waals surface area contributed by atoms with E-state index in [0.29, 0.717) is 0 Å². The van der Waals surface area contributed by atoms with E-state index in [1.165, 1.54) is 25.7 Å². The van der Waals surface area contributed by atoms with Crippen molar-refractivity contribution in [1.82, 2.24) is 9.30 Å². The molecule has 4 nitrogen and oxygen atoms in total. The van der Waals surface area contributed by atoms with Gasteiger partial charge in [-0.25, -0.2) is 0 Å². The number of hydrogen-bond donors (Lipinski definition) is 2. The monoisotopic (exact) mass is 466 g/mol. The second kappa shape index (κ2) is 14.7. The summed E-state index contributed by atoms with van der Waals surface area (Å²) < 4.78 is 17.4. The lowest BCUT2D eigenvalue weighted by molar-refractivity contribution is 0.198. The van der Waals surface area contributed by atoms with Gasteiger partial charge in [0.25, 0.3) is 0 Å². The molecule has 8 heteroatoms. The van der Waals surface area contributed by atoms with Crippen LogP contribution in [0.3, 0.4) is 0 Å². The van der Waals surface area contributed by atoms with E-state index >= 15 is 0 Å². The van der Waals surface area contributed by atoms with Gasteiger partial charge in [0.05, 0.1) is 0 Å². The Morgan fingerprint density at radius 2 is 0.571 bits per heavy atom. The van der Waals surface area contributed by atoms with E-state index in [9.17, 15) is 0 Å². The molecule has 0 atom stereocenters. The Bertz CT molecular complexity index is 287. The fourth-order valence-corrected chi connectivity index (χ4v) is 21.3. The second-order valence-electron chi connectivity index (χ2n) is 11.9. The molecule has 0 amide bonds. The molecule has 0 saturated carbocycles. The van der Waals surface area contributed by atoms with Crippen molar-refractivity contribution in [3.63, 3.8) is 0 Å². The van der Waals surface area contributed by atoms with Crippen LogP contribution in [-0.4, -0.2) is 59.4 Å². The third-order valence-corrected chi connectivity index (χ3v) is 15.2. The van der Waals surface area contributed by atoms with Crippen molar-refractivity contribution < 1.29 is 9.47 Å². The van der Waals surface area contributed by atoms with Gasteiger partial charge < -0.3 is 18.8 Å². The molecule has 2 fully saturated rings. The Balaban J connectivity index is 0. The SMILES string of the molecule is C1CCOC1.C1CCOC1.C[Si](C)(C)N[Si](C)(C)C.C[Si](C)(C)N[Si](C)(C)C. The number of nitrogens with one attached hydrogen (secondary N) is 2. The highest BCUT2D eigenvalue weighted by molar-refractivity contribution is 6.90. The molecule has 28 heavy (non-hydrogen) atoms. The Morgan fingerprint density at radius 1 is 0.393 bits per heavy atom. The Kier molecular flexibility index (Phi) is 16.2. The molecule has 0 aromatic carbocycles. The van der Waals surface area contributed by atoms with Crippen molar-refractivity contribution in [2.75, 3.05) is 26.4 Å². The van der Waals surface area contributed by atoms with Gasteiger partial charge in [-0.1, -0.05) is 78.6 Å². The van der Waals surface area contributed by atoms with Crippen LogP contribution >= 0.6 is 0 Å². The van der Waals surface area contributed by atoms with Crippen molar-refractivity contribution in [3.05, 3.63) is 0 Å². The summed E-state index contributed by atoms with van der Waals surface area (Å²) in [4.78, 5) is 0. The van der Waals surface area contributed by atoms with Crippen LogP contribution in [0.1, 0.15) is 25.7 Å². The van der Waals surface area contributed by atoms with Crippen LogP contribution in [0, 0.1) is 0 Å². The van der Waals surface area contributed by atoms with Crippen LogP contribution in [-0.2, 0) is 9.47 Å². The van der Waals surface area contributed by atoms with Crippen molar-refractivity contribution in [2.45, 2.75) is 104 Å². The molecule has 2 heterocycles. The van der Waals surface area contributed by atoms with Crippen molar-refractivity contribution in [2.24, 2.45) is 0 Å². The summed E-state index contributed by atoms with van der Waals surface area (Å²) in [7, 11) is -3.92. The molecule has 0 bridgehead atoms. The maximum Gasteiger partial charge on any atom is 0.109 e. The minimum atomic E-state index is -0.981. The fourth-order valence-electron chi connectivity index (χ4n) is 3.27. The smallest absolute Gasteiger partial charge is 0.109 e. The zero-order valence-corrected chi connectivity index (χ0v) is 25.5. The molecule has 0 aliphatic carbocycles. The summed E-state index contributed by atoms with van der Waals surface area (Å²) in [5.41, 5.74) is 0. The van der Waals surface area contributed by atoms with Gasteiger partial charge in [-0.05, 0) is 25.7 Å². The highest BCUT2D eigenvalue weighted by atomic mass is 28.4. The minimum Gasteiger partial charge on any atom is -0.381 e. The van der Waals surface area contributed by atoms with Crippen LogP contribution < -0.4 is 9.30 Å². The summed E-state index contributed by atoms with van der Waals surface area (Å²) in [6, 6.07) is 0. The maximum atomic E-state index is 4.94.